The molecule has 0 aliphatic rings. The molecule has 82 valence electrons. The molecule has 0 heterocycles. The van der Waals surface area contributed by atoms with Crippen LogP contribution in [-0.2, 0) is 6.42 Å². The van der Waals surface area contributed by atoms with Crippen LogP contribution in [0.3, 0.4) is 0 Å². The minimum absolute atomic E-state index is 0.0859. The first-order valence-corrected chi connectivity index (χ1v) is 4.70. The Morgan fingerprint density at radius 1 is 1.53 bits per heavy atom. The van der Waals surface area contributed by atoms with Gasteiger partial charge < -0.3 is 10.5 Å². The highest BCUT2D eigenvalue weighted by Crippen LogP contribution is 2.24. The zero-order chi connectivity index (χ0) is 11.3. The van der Waals surface area contributed by atoms with Crippen LogP contribution in [0.1, 0.15) is 12.0 Å². The molecule has 1 rings (SSSR count). The number of nitro benzene ring substituents is 1. The van der Waals surface area contributed by atoms with Gasteiger partial charge in [-0.1, -0.05) is 0 Å². The van der Waals surface area contributed by atoms with Crippen molar-refractivity contribution in [3.05, 3.63) is 33.9 Å². The Labute approximate surface area is 88.0 Å². The second-order valence-corrected chi connectivity index (χ2v) is 3.15. The number of nitrogens with zero attached hydrogens (tertiary/aromatic N) is 1. The van der Waals surface area contributed by atoms with Crippen molar-refractivity contribution in [2.24, 2.45) is 5.73 Å². The summed E-state index contributed by atoms with van der Waals surface area (Å²) in [5.41, 5.74) is 6.31. The minimum atomic E-state index is -0.411. The molecule has 0 radical (unpaired) electrons. The number of hydrogen-bond acceptors (Lipinski definition) is 4. The summed E-state index contributed by atoms with van der Waals surface area (Å²) >= 11 is 0. The Kier molecular flexibility index (Phi) is 4.05. The molecule has 0 aromatic heterocycles. The van der Waals surface area contributed by atoms with Gasteiger partial charge >= 0.3 is 0 Å². The molecule has 0 spiro atoms. The largest absolute Gasteiger partial charge is 0.496 e. The van der Waals surface area contributed by atoms with Crippen molar-refractivity contribution in [2.75, 3.05) is 13.7 Å². The molecular weight excluding hydrogens is 196 g/mol. The zero-order valence-corrected chi connectivity index (χ0v) is 8.60. The third-order valence-electron chi connectivity index (χ3n) is 2.13. The number of nitro groups is 1. The van der Waals surface area contributed by atoms with Crippen molar-refractivity contribution in [1.29, 1.82) is 0 Å². The second kappa shape index (κ2) is 5.31. The van der Waals surface area contributed by atoms with Crippen molar-refractivity contribution >= 4 is 5.69 Å². The number of hydrogen-bond donors (Lipinski definition) is 1. The lowest BCUT2D eigenvalue weighted by atomic mass is 10.1. The molecule has 5 nitrogen and oxygen atoms in total. The topological polar surface area (TPSA) is 78.4 Å². The molecule has 0 unspecified atom stereocenters. The van der Waals surface area contributed by atoms with Crippen LogP contribution in [0.5, 0.6) is 5.75 Å². The van der Waals surface area contributed by atoms with E-state index in [1.807, 2.05) is 0 Å². The van der Waals surface area contributed by atoms with Crippen molar-refractivity contribution < 1.29 is 9.66 Å². The standard InChI is InChI=1S/C10H14N2O3/c1-15-10-5-4-9(12(13)14)7-8(10)3-2-6-11/h4-5,7H,2-3,6,11H2,1H3. The van der Waals surface area contributed by atoms with E-state index in [0.717, 1.165) is 12.0 Å². The van der Waals surface area contributed by atoms with Crippen LogP contribution in [0.15, 0.2) is 18.2 Å². The summed E-state index contributed by atoms with van der Waals surface area (Å²) in [6, 6.07) is 4.59. The van der Waals surface area contributed by atoms with Gasteiger partial charge in [0.2, 0.25) is 0 Å². The maximum absolute atomic E-state index is 10.6. The van der Waals surface area contributed by atoms with Gasteiger partial charge in [-0.05, 0) is 25.5 Å². The molecule has 0 saturated heterocycles. The van der Waals surface area contributed by atoms with Crippen molar-refractivity contribution in [2.45, 2.75) is 12.8 Å². The summed E-state index contributed by atoms with van der Waals surface area (Å²) < 4.78 is 5.11. The first kappa shape index (κ1) is 11.5. The third-order valence-corrected chi connectivity index (χ3v) is 2.13. The first-order valence-electron chi connectivity index (χ1n) is 4.70. The van der Waals surface area contributed by atoms with Crippen LogP contribution in [-0.4, -0.2) is 18.6 Å². The SMILES string of the molecule is COc1ccc([N+](=O)[O-])cc1CCCN. The molecule has 0 atom stereocenters. The van der Waals surface area contributed by atoms with Crippen molar-refractivity contribution in [1.82, 2.24) is 0 Å². The lowest BCUT2D eigenvalue weighted by molar-refractivity contribution is -0.384. The van der Waals surface area contributed by atoms with Gasteiger partial charge in [-0.25, -0.2) is 0 Å². The molecule has 0 aliphatic carbocycles. The summed E-state index contributed by atoms with van der Waals surface area (Å²) in [4.78, 5) is 10.2. The number of methoxy groups -OCH3 is 1. The summed E-state index contributed by atoms with van der Waals surface area (Å²) in [6.07, 6.45) is 1.49. The van der Waals surface area contributed by atoms with Crippen molar-refractivity contribution in [3.63, 3.8) is 0 Å². The van der Waals surface area contributed by atoms with Gasteiger partial charge in [-0.15, -0.1) is 0 Å². The van der Waals surface area contributed by atoms with Gasteiger partial charge in [0.05, 0.1) is 12.0 Å². The quantitative estimate of drug-likeness (QED) is 0.590. The fraction of sp³-hybridized carbons (Fsp3) is 0.400. The average Bonchev–Trinajstić information content (AvgIpc) is 2.25. The molecule has 0 aliphatic heterocycles. The van der Waals surface area contributed by atoms with E-state index in [-0.39, 0.29) is 5.69 Å². The number of ether oxygens (including phenoxy) is 1. The smallest absolute Gasteiger partial charge is 0.269 e. The van der Waals surface area contributed by atoms with E-state index in [9.17, 15) is 10.1 Å². The summed E-state index contributed by atoms with van der Waals surface area (Å²) in [5.74, 6) is 0.675. The molecule has 5 heteroatoms. The molecule has 1 aromatic carbocycles. The fourth-order valence-corrected chi connectivity index (χ4v) is 1.37. The van der Waals surface area contributed by atoms with Crippen LogP contribution >= 0.6 is 0 Å². The molecule has 15 heavy (non-hydrogen) atoms. The predicted molar refractivity (Wildman–Crippen MR) is 57.0 cm³/mol. The van der Waals surface area contributed by atoms with Gasteiger partial charge in [0.15, 0.2) is 0 Å². The van der Waals surface area contributed by atoms with Gasteiger partial charge in [0, 0.05) is 17.7 Å². The molecular formula is C10H14N2O3. The van der Waals surface area contributed by atoms with Crippen LogP contribution in [0.25, 0.3) is 0 Å². The highest BCUT2D eigenvalue weighted by Gasteiger charge is 2.10. The van der Waals surface area contributed by atoms with Gasteiger partial charge in [0.25, 0.3) is 5.69 Å². The fourth-order valence-electron chi connectivity index (χ4n) is 1.37. The maximum atomic E-state index is 10.6. The molecule has 0 bridgehead atoms. The monoisotopic (exact) mass is 210 g/mol. The molecule has 0 fully saturated rings. The second-order valence-electron chi connectivity index (χ2n) is 3.15. The summed E-state index contributed by atoms with van der Waals surface area (Å²) in [6.45, 7) is 0.561. The van der Waals surface area contributed by atoms with E-state index in [1.165, 1.54) is 12.1 Å². The van der Waals surface area contributed by atoms with E-state index < -0.39 is 4.92 Å². The number of rotatable bonds is 5. The normalized spacial score (nSPS) is 10.0. The lowest BCUT2D eigenvalue weighted by Gasteiger charge is -2.07. The van der Waals surface area contributed by atoms with E-state index in [4.69, 9.17) is 10.5 Å². The van der Waals surface area contributed by atoms with Crippen LogP contribution < -0.4 is 10.5 Å². The zero-order valence-electron chi connectivity index (χ0n) is 8.60. The molecule has 1 aromatic rings. The average molecular weight is 210 g/mol. The number of benzene rings is 1. The predicted octanol–water partition coefficient (Wildman–Crippen LogP) is 1.49. The first-order chi connectivity index (χ1) is 7.19. The molecule has 2 N–H and O–H groups in total. The van der Waals surface area contributed by atoms with Gasteiger partial charge in [-0.3, -0.25) is 10.1 Å². The highest BCUT2D eigenvalue weighted by atomic mass is 16.6. The Hall–Kier alpha value is -1.62. The Morgan fingerprint density at radius 2 is 2.27 bits per heavy atom. The van der Waals surface area contributed by atoms with Crippen LogP contribution in [0.2, 0.25) is 0 Å². The van der Waals surface area contributed by atoms with E-state index in [1.54, 1.807) is 13.2 Å². The van der Waals surface area contributed by atoms with Gasteiger partial charge in [0.1, 0.15) is 5.75 Å². The Bertz CT molecular complexity index is 353. The van der Waals surface area contributed by atoms with E-state index >= 15 is 0 Å². The number of aryl methyl sites for hydroxylation is 1. The Morgan fingerprint density at radius 3 is 2.80 bits per heavy atom. The maximum Gasteiger partial charge on any atom is 0.269 e. The lowest BCUT2D eigenvalue weighted by Crippen LogP contribution is -2.02. The summed E-state index contributed by atoms with van der Waals surface area (Å²) in [5, 5.41) is 10.6. The van der Waals surface area contributed by atoms with Crippen molar-refractivity contribution in [3.8, 4) is 5.75 Å². The highest BCUT2D eigenvalue weighted by molar-refractivity contribution is 5.43. The number of non-ortho nitro benzene ring substituents is 1. The number of nitrogens with two attached hydrogens (primary N) is 1. The third kappa shape index (κ3) is 2.92. The van der Waals surface area contributed by atoms with E-state index in [0.29, 0.717) is 18.7 Å². The minimum Gasteiger partial charge on any atom is -0.496 e. The van der Waals surface area contributed by atoms with E-state index in [2.05, 4.69) is 0 Å². The molecule has 0 amide bonds. The van der Waals surface area contributed by atoms with Gasteiger partial charge in [-0.2, -0.15) is 0 Å². The molecule has 0 saturated carbocycles. The van der Waals surface area contributed by atoms with Crippen LogP contribution in [0.4, 0.5) is 5.69 Å². The van der Waals surface area contributed by atoms with Crippen LogP contribution in [0, 0.1) is 10.1 Å². The summed E-state index contributed by atoms with van der Waals surface area (Å²) in [7, 11) is 1.55. The Balaban J connectivity index is 2.96.